The number of methoxy groups -OCH3 is 1. The van der Waals surface area contributed by atoms with Crippen LogP contribution >= 0.6 is 0 Å². The summed E-state index contributed by atoms with van der Waals surface area (Å²) in [6.45, 7) is 0. The first kappa shape index (κ1) is 13.8. The van der Waals surface area contributed by atoms with Gasteiger partial charge in [0.15, 0.2) is 0 Å². The molecular weight excluding hydrogens is 272 g/mol. The minimum atomic E-state index is -0.0108. The van der Waals surface area contributed by atoms with Crippen molar-refractivity contribution in [2.75, 3.05) is 7.11 Å². The van der Waals surface area contributed by atoms with E-state index in [4.69, 9.17) is 4.74 Å². The van der Waals surface area contributed by atoms with Gasteiger partial charge in [-0.05, 0) is 53.4 Å². The maximum absolute atomic E-state index is 12.5. The van der Waals surface area contributed by atoms with Gasteiger partial charge in [0.2, 0.25) is 0 Å². The second-order valence-electron chi connectivity index (χ2n) is 6.90. The molecule has 2 fully saturated rings. The van der Waals surface area contributed by atoms with E-state index in [1.54, 1.807) is 0 Å². The molecule has 22 heavy (non-hydrogen) atoms. The van der Waals surface area contributed by atoms with Gasteiger partial charge >= 0.3 is 5.97 Å². The highest BCUT2D eigenvalue weighted by Gasteiger charge is 2.46. The lowest BCUT2D eigenvalue weighted by Crippen LogP contribution is -2.33. The van der Waals surface area contributed by atoms with Crippen LogP contribution in [0.1, 0.15) is 37.2 Å². The van der Waals surface area contributed by atoms with Crippen molar-refractivity contribution in [2.24, 2.45) is 17.8 Å². The molecule has 2 bridgehead atoms. The van der Waals surface area contributed by atoms with E-state index in [-0.39, 0.29) is 11.9 Å². The first-order valence-corrected chi connectivity index (χ1v) is 8.33. The first-order valence-electron chi connectivity index (χ1n) is 8.33. The Morgan fingerprint density at radius 1 is 1.05 bits per heavy atom. The van der Waals surface area contributed by atoms with Crippen LogP contribution in [0.4, 0.5) is 0 Å². The highest BCUT2D eigenvalue weighted by molar-refractivity contribution is 5.87. The Labute approximate surface area is 131 Å². The summed E-state index contributed by atoms with van der Waals surface area (Å²) in [6.07, 6.45) is 4.80. The molecule has 0 N–H and O–H groups in total. The number of hydrogen-bond donors (Lipinski definition) is 0. The number of rotatable bonds is 2. The number of esters is 1. The molecule has 2 saturated carbocycles. The van der Waals surface area contributed by atoms with Crippen LogP contribution in [0, 0.1) is 17.8 Å². The molecule has 0 amide bonds. The van der Waals surface area contributed by atoms with Gasteiger partial charge in [0.25, 0.3) is 0 Å². The van der Waals surface area contributed by atoms with Gasteiger partial charge in [0.1, 0.15) is 0 Å². The quantitative estimate of drug-likeness (QED) is 0.760. The van der Waals surface area contributed by atoms with Crippen molar-refractivity contribution in [3.05, 3.63) is 48.0 Å². The number of benzene rings is 2. The number of fused-ring (bicyclic) bond motifs is 3. The lowest BCUT2D eigenvalue weighted by Gasteiger charge is -2.35. The third-order valence-corrected chi connectivity index (χ3v) is 5.81. The van der Waals surface area contributed by atoms with Crippen molar-refractivity contribution in [1.29, 1.82) is 0 Å². The number of carbonyl (C=O) groups is 1. The second kappa shape index (κ2) is 5.42. The molecule has 2 aliphatic carbocycles. The van der Waals surface area contributed by atoms with Crippen molar-refractivity contribution < 1.29 is 9.53 Å². The van der Waals surface area contributed by atoms with Crippen LogP contribution in [0.25, 0.3) is 10.8 Å². The Balaban J connectivity index is 1.82. The Hall–Kier alpha value is -1.83. The van der Waals surface area contributed by atoms with Gasteiger partial charge in [-0.15, -0.1) is 0 Å². The standard InChI is InChI=1S/C20H22O2/c1-22-20(21)19-15-10-9-13(11-15)12-18(19)17-8-4-6-14-5-2-3-7-16(14)17/h2-8,13,15,18-19H,9-12H2,1H3/t13?,15?,18-,19-/m1/s1. The predicted molar refractivity (Wildman–Crippen MR) is 87.6 cm³/mol. The fourth-order valence-corrected chi connectivity index (χ4v) is 4.88. The van der Waals surface area contributed by atoms with Gasteiger partial charge < -0.3 is 4.74 Å². The smallest absolute Gasteiger partial charge is 0.309 e. The molecule has 0 heterocycles. The average Bonchev–Trinajstić information content (AvgIpc) is 2.95. The van der Waals surface area contributed by atoms with E-state index in [0.717, 1.165) is 12.3 Å². The van der Waals surface area contributed by atoms with E-state index >= 15 is 0 Å². The number of ether oxygens (including phenoxy) is 1. The lowest BCUT2D eigenvalue weighted by atomic mass is 9.68. The zero-order chi connectivity index (χ0) is 15.1. The minimum absolute atomic E-state index is 0.0108. The molecule has 2 heteroatoms. The van der Waals surface area contributed by atoms with E-state index < -0.39 is 0 Å². The monoisotopic (exact) mass is 294 g/mol. The number of carbonyl (C=O) groups excluding carboxylic acids is 1. The maximum Gasteiger partial charge on any atom is 0.309 e. The third-order valence-electron chi connectivity index (χ3n) is 5.81. The van der Waals surface area contributed by atoms with Crippen LogP contribution in [-0.4, -0.2) is 13.1 Å². The Bertz CT molecular complexity index is 700. The van der Waals surface area contributed by atoms with E-state index in [9.17, 15) is 4.79 Å². The number of hydrogen-bond acceptors (Lipinski definition) is 2. The highest BCUT2D eigenvalue weighted by Crippen LogP contribution is 2.53. The van der Waals surface area contributed by atoms with Crippen molar-refractivity contribution in [3.63, 3.8) is 0 Å². The average molecular weight is 294 g/mol. The fourth-order valence-electron chi connectivity index (χ4n) is 4.88. The molecule has 2 aromatic rings. The topological polar surface area (TPSA) is 26.3 Å². The fraction of sp³-hybridized carbons (Fsp3) is 0.450. The van der Waals surface area contributed by atoms with Crippen molar-refractivity contribution in [1.82, 2.24) is 0 Å². The second-order valence-corrected chi connectivity index (χ2v) is 6.90. The molecule has 2 unspecified atom stereocenters. The molecule has 2 aliphatic rings. The molecule has 114 valence electrons. The van der Waals surface area contributed by atoms with Gasteiger partial charge in [0.05, 0.1) is 13.0 Å². The zero-order valence-corrected chi connectivity index (χ0v) is 13.0. The zero-order valence-electron chi connectivity index (χ0n) is 13.0. The summed E-state index contributed by atoms with van der Waals surface area (Å²) in [7, 11) is 1.53. The van der Waals surface area contributed by atoms with Crippen LogP contribution in [0.15, 0.2) is 42.5 Å². The third kappa shape index (κ3) is 2.13. The Morgan fingerprint density at radius 2 is 1.86 bits per heavy atom. The van der Waals surface area contributed by atoms with Crippen LogP contribution in [0.5, 0.6) is 0 Å². The molecule has 2 nitrogen and oxygen atoms in total. The van der Waals surface area contributed by atoms with Crippen molar-refractivity contribution in [3.8, 4) is 0 Å². The van der Waals surface area contributed by atoms with E-state index in [2.05, 4.69) is 42.5 Å². The van der Waals surface area contributed by atoms with E-state index in [0.29, 0.717) is 11.8 Å². The molecular formula is C20H22O2. The summed E-state index contributed by atoms with van der Waals surface area (Å²) in [5, 5.41) is 2.56. The molecule has 0 spiro atoms. The van der Waals surface area contributed by atoms with Crippen LogP contribution < -0.4 is 0 Å². The normalized spacial score (nSPS) is 30.4. The van der Waals surface area contributed by atoms with Gasteiger partial charge in [-0.3, -0.25) is 4.79 Å². The predicted octanol–water partition coefficient (Wildman–Crippen LogP) is 4.53. The molecule has 4 rings (SSSR count). The Kier molecular flexibility index (Phi) is 3.40. The van der Waals surface area contributed by atoms with Crippen LogP contribution in [0.3, 0.4) is 0 Å². The van der Waals surface area contributed by atoms with Crippen molar-refractivity contribution in [2.45, 2.75) is 31.6 Å². The molecule has 4 atom stereocenters. The van der Waals surface area contributed by atoms with Crippen LogP contribution in [0.2, 0.25) is 0 Å². The summed E-state index contributed by atoms with van der Waals surface area (Å²) in [6, 6.07) is 15.0. The minimum Gasteiger partial charge on any atom is -0.469 e. The van der Waals surface area contributed by atoms with Crippen LogP contribution in [-0.2, 0) is 9.53 Å². The summed E-state index contributed by atoms with van der Waals surface area (Å²) in [5.74, 6) is 1.63. The van der Waals surface area contributed by atoms with Gasteiger partial charge in [-0.2, -0.15) is 0 Å². The van der Waals surface area contributed by atoms with E-state index in [1.165, 1.54) is 42.7 Å². The molecule has 0 aromatic heterocycles. The largest absolute Gasteiger partial charge is 0.469 e. The summed E-state index contributed by atoms with van der Waals surface area (Å²) < 4.78 is 5.17. The Morgan fingerprint density at radius 3 is 2.73 bits per heavy atom. The highest BCUT2D eigenvalue weighted by atomic mass is 16.5. The molecule has 0 aliphatic heterocycles. The maximum atomic E-state index is 12.5. The molecule has 0 radical (unpaired) electrons. The summed E-state index contributed by atoms with van der Waals surface area (Å²) in [4.78, 5) is 12.5. The SMILES string of the molecule is COC(=O)[C@@H]1C2CCC(C2)C[C@@H]1c1cccc2ccccc12. The van der Waals surface area contributed by atoms with Gasteiger partial charge in [-0.25, -0.2) is 0 Å². The lowest BCUT2D eigenvalue weighted by molar-refractivity contribution is -0.149. The summed E-state index contributed by atoms with van der Waals surface area (Å²) >= 11 is 0. The van der Waals surface area contributed by atoms with Gasteiger partial charge in [-0.1, -0.05) is 48.9 Å². The summed E-state index contributed by atoms with van der Waals surface area (Å²) in [5.41, 5.74) is 1.34. The van der Waals surface area contributed by atoms with E-state index in [1.807, 2.05) is 0 Å². The molecule has 0 saturated heterocycles. The van der Waals surface area contributed by atoms with Crippen molar-refractivity contribution >= 4 is 16.7 Å². The van der Waals surface area contributed by atoms with Gasteiger partial charge in [0, 0.05) is 0 Å². The first-order chi connectivity index (χ1) is 10.8. The molecule has 2 aromatic carbocycles.